The third-order valence-electron chi connectivity index (χ3n) is 6.26. The second kappa shape index (κ2) is 7.73. The molecule has 0 amide bonds. The van der Waals surface area contributed by atoms with E-state index in [2.05, 4.69) is 4.90 Å². The fourth-order valence-corrected chi connectivity index (χ4v) is 4.81. The van der Waals surface area contributed by atoms with Gasteiger partial charge in [0.25, 0.3) is 0 Å². The Morgan fingerprint density at radius 2 is 1.57 bits per heavy atom. The summed E-state index contributed by atoms with van der Waals surface area (Å²) in [6.07, 6.45) is 13.3. The van der Waals surface area contributed by atoms with Crippen LogP contribution in [-0.2, 0) is 4.79 Å². The van der Waals surface area contributed by atoms with Gasteiger partial charge in [0.05, 0.1) is 19.6 Å². The fourth-order valence-electron chi connectivity index (χ4n) is 4.81. The van der Waals surface area contributed by atoms with Crippen molar-refractivity contribution in [3.05, 3.63) is 0 Å². The van der Waals surface area contributed by atoms with Crippen LogP contribution in [0.2, 0.25) is 0 Å². The molecule has 0 aromatic heterocycles. The van der Waals surface area contributed by atoms with E-state index in [1.807, 2.05) is 4.90 Å². The quantitative estimate of drug-likeness (QED) is 0.795. The molecule has 0 spiro atoms. The molecule has 2 saturated carbocycles. The molecule has 3 fully saturated rings. The first-order valence-corrected chi connectivity index (χ1v) is 9.38. The predicted molar refractivity (Wildman–Crippen MR) is 85.5 cm³/mol. The van der Waals surface area contributed by atoms with Crippen LogP contribution in [0.25, 0.3) is 0 Å². The molecule has 1 saturated heterocycles. The molecule has 0 atom stereocenters. The van der Waals surface area contributed by atoms with Gasteiger partial charge in [-0.05, 0) is 38.5 Å². The average Bonchev–Trinajstić information content (AvgIpc) is 2.57. The molecule has 120 valence electrons. The molecule has 1 N–H and O–H groups in total. The molecule has 0 aromatic carbocycles. The van der Waals surface area contributed by atoms with Crippen LogP contribution in [0.3, 0.4) is 0 Å². The highest BCUT2D eigenvalue weighted by molar-refractivity contribution is 5.53. The van der Waals surface area contributed by atoms with Crippen LogP contribution in [0, 0.1) is 11.8 Å². The average molecular weight is 293 g/mol. The van der Waals surface area contributed by atoms with Gasteiger partial charge in [-0.1, -0.05) is 19.3 Å². The zero-order chi connectivity index (χ0) is 14.5. The molecule has 3 nitrogen and oxygen atoms in total. The monoisotopic (exact) mass is 293 g/mol. The number of hydrogen-bond acceptors (Lipinski definition) is 2. The van der Waals surface area contributed by atoms with Crippen molar-refractivity contribution in [2.45, 2.75) is 63.8 Å². The molecule has 21 heavy (non-hydrogen) atoms. The maximum Gasteiger partial charge on any atom is 0.123 e. The van der Waals surface area contributed by atoms with E-state index in [-0.39, 0.29) is 0 Å². The number of rotatable bonds is 4. The predicted octanol–water partition coefficient (Wildman–Crippen LogP) is 1.52. The summed E-state index contributed by atoms with van der Waals surface area (Å²) >= 11 is 0. The zero-order valence-electron chi connectivity index (χ0n) is 13.6. The number of nitrogens with one attached hydrogen (secondary N) is 1. The van der Waals surface area contributed by atoms with Crippen molar-refractivity contribution in [2.75, 3.05) is 32.7 Å². The van der Waals surface area contributed by atoms with Gasteiger partial charge in [-0.3, -0.25) is 4.90 Å². The lowest BCUT2D eigenvalue weighted by atomic mass is 9.86. The van der Waals surface area contributed by atoms with E-state index in [1.165, 1.54) is 84.0 Å². The Morgan fingerprint density at radius 1 is 0.905 bits per heavy atom. The first kappa shape index (κ1) is 15.5. The minimum absolute atomic E-state index is 0.361. The van der Waals surface area contributed by atoms with Gasteiger partial charge in [0, 0.05) is 31.0 Å². The second-order valence-corrected chi connectivity index (χ2v) is 7.70. The highest BCUT2D eigenvalue weighted by Gasteiger charge is 2.30. The van der Waals surface area contributed by atoms with E-state index in [1.54, 1.807) is 0 Å². The number of quaternary nitrogens is 1. The number of carbonyl (C=O) groups excluding carboxylic acids is 1. The lowest BCUT2D eigenvalue weighted by Gasteiger charge is -2.40. The van der Waals surface area contributed by atoms with Crippen LogP contribution in [0.15, 0.2) is 0 Å². The second-order valence-electron chi connectivity index (χ2n) is 7.70. The largest absolute Gasteiger partial charge is 0.333 e. The van der Waals surface area contributed by atoms with E-state index in [9.17, 15) is 4.79 Å². The van der Waals surface area contributed by atoms with E-state index in [4.69, 9.17) is 0 Å². The lowest BCUT2D eigenvalue weighted by Crippen LogP contribution is -3.15. The fraction of sp³-hybridized carbons (Fsp3) is 0.944. The van der Waals surface area contributed by atoms with E-state index >= 15 is 0 Å². The van der Waals surface area contributed by atoms with Crippen molar-refractivity contribution in [2.24, 2.45) is 11.8 Å². The molecule has 2 aliphatic carbocycles. The summed E-state index contributed by atoms with van der Waals surface area (Å²) < 4.78 is 0. The Balaban J connectivity index is 1.37. The van der Waals surface area contributed by atoms with Crippen molar-refractivity contribution >= 4 is 6.29 Å². The van der Waals surface area contributed by atoms with Crippen molar-refractivity contribution in [3.63, 3.8) is 0 Å². The summed E-state index contributed by atoms with van der Waals surface area (Å²) in [5.74, 6) is 1.38. The smallest absolute Gasteiger partial charge is 0.123 e. The molecule has 3 rings (SSSR count). The molecule has 0 radical (unpaired) electrons. The number of piperazine rings is 1. The summed E-state index contributed by atoms with van der Waals surface area (Å²) in [4.78, 5) is 15.4. The van der Waals surface area contributed by atoms with Crippen molar-refractivity contribution in [1.29, 1.82) is 0 Å². The first-order valence-electron chi connectivity index (χ1n) is 9.38. The third kappa shape index (κ3) is 4.29. The Labute approximate surface area is 130 Å². The molecular formula is C18H33N2O+. The minimum Gasteiger partial charge on any atom is -0.333 e. The Morgan fingerprint density at radius 3 is 2.19 bits per heavy atom. The van der Waals surface area contributed by atoms with Crippen LogP contribution in [0.1, 0.15) is 57.8 Å². The standard InChI is InChI=1S/C18H32N2O/c21-15-17-6-8-18(9-7-17)20-12-10-19(11-13-20)14-16-4-2-1-3-5-16/h15-18H,1-14H2/p+1. The van der Waals surface area contributed by atoms with Gasteiger partial charge in [0.15, 0.2) is 0 Å². The SMILES string of the molecule is O=CC1CCC(N2CC[NH+](CC3CCCCC3)CC2)CC1. The molecule has 0 unspecified atom stereocenters. The third-order valence-corrected chi connectivity index (χ3v) is 6.26. The van der Waals surface area contributed by atoms with E-state index in [0.29, 0.717) is 5.92 Å². The summed E-state index contributed by atoms with van der Waals surface area (Å²) in [5.41, 5.74) is 0. The molecule has 0 bridgehead atoms. The molecule has 0 aromatic rings. The Hall–Kier alpha value is -0.410. The molecule has 1 aliphatic heterocycles. The topological polar surface area (TPSA) is 24.8 Å². The molecule has 1 heterocycles. The maximum absolute atomic E-state index is 10.9. The normalized spacial score (nSPS) is 33.9. The highest BCUT2D eigenvalue weighted by atomic mass is 16.1. The van der Waals surface area contributed by atoms with Crippen molar-refractivity contribution in [3.8, 4) is 0 Å². The van der Waals surface area contributed by atoms with Gasteiger partial charge in [-0.15, -0.1) is 0 Å². The van der Waals surface area contributed by atoms with Crippen LogP contribution < -0.4 is 4.90 Å². The Kier molecular flexibility index (Phi) is 5.70. The van der Waals surface area contributed by atoms with E-state index in [0.717, 1.165) is 24.8 Å². The van der Waals surface area contributed by atoms with E-state index < -0.39 is 0 Å². The molecule has 3 aliphatic rings. The summed E-state index contributed by atoms with van der Waals surface area (Å²) in [6, 6.07) is 0.775. The summed E-state index contributed by atoms with van der Waals surface area (Å²) in [7, 11) is 0. The first-order chi connectivity index (χ1) is 10.3. The van der Waals surface area contributed by atoms with Gasteiger partial charge in [-0.2, -0.15) is 0 Å². The van der Waals surface area contributed by atoms with Gasteiger partial charge >= 0.3 is 0 Å². The van der Waals surface area contributed by atoms with Crippen molar-refractivity contribution < 1.29 is 9.69 Å². The zero-order valence-corrected chi connectivity index (χ0v) is 13.6. The molecular weight excluding hydrogens is 260 g/mol. The molecule has 3 heteroatoms. The number of hydrogen-bond donors (Lipinski definition) is 1. The van der Waals surface area contributed by atoms with Gasteiger partial charge < -0.3 is 9.69 Å². The Bertz CT molecular complexity index is 311. The summed E-state index contributed by atoms with van der Waals surface area (Å²) in [5, 5.41) is 0. The van der Waals surface area contributed by atoms with Crippen molar-refractivity contribution in [1.82, 2.24) is 4.90 Å². The van der Waals surface area contributed by atoms with Gasteiger partial charge in [0.1, 0.15) is 6.29 Å². The number of nitrogens with zero attached hydrogens (tertiary/aromatic N) is 1. The van der Waals surface area contributed by atoms with Crippen LogP contribution in [0.4, 0.5) is 0 Å². The van der Waals surface area contributed by atoms with Gasteiger partial charge in [0.2, 0.25) is 0 Å². The highest BCUT2D eigenvalue weighted by Crippen LogP contribution is 2.26. The lowest BCUT2D eigenvalue weighted by molar-refractivity contribution is -0.908. The van der Waals surface area contributed by atoms with Gasteiger partial charge in [-0.25, -0.2) is 0 Å². The maximum atomic E-state index is 10.9. The van der Waals surface area contributed by atoms with Crippen LogP contribution >= 0.6 is 0 Å². The number of carbonyl (C=O) groups is 1. The minimum atomic E-state index is 0.361. The van der Waals surface area contributed by atoms with Crippen LogP contribution in [-0.4, -0.2) is 50.0 Å². The van der Waals surface area contributed by atoms with Crippen LogP contribution in [0.5, 0.6) is 0 Å². The number of aldehydes is 1. The summed E-state index contributed by atoms with van der Waals surface area (Å²) in [6.45, 7) is 6.72.